The van der Waals surface area contributed by atoms with Gasteiger partial charge in [0.1, 0.15) is 17.1 Å². The minimum absolute atomic E-state index is 0.0518. The Hall–Kier alpha value is -1.51. The average molecular weight is 222 g/mol. The third-order valence-corrected chi connectivity index (χ3v) is 2.55. The van der Waals surface area contributed by atoms with Crippen LogP contribution in [0, 0.1) is 0 Å². The molecular weight excluding hydrogens is 204 g/mol. The van der Waals surface area contributed by atoms with Crippen LogP contribution in [0.4, 0.5) is 0 Å². The number of hydrogen-bond acceptors (Lipinski definition) is 3. The lowest BCUT2D eigenvalue weighted by molar-refractivity contribution is 0.101. The molecule has 0 aliphatic rings. The molecule has 3 heteroatoms. The zero-order valence-corrected chi connectivity index (χ0v) is 10.5. The van der Waals surface area contributed by atoms with Crippen LogP contribution in [-0.4, -0.2) is 20.0 Å². The largest absolute Gasteiger partial charge is 0.496 e. The Balaban J connectivity index is 3.43. The van der Waals surface area contributed by atoms with Gasteiger partial charge in [-0.3, -0.25) is 4.79 Å². The van der Waals surface area contributed by atoms with E-state index >= 15 is 0 Å². The number of ether oxygens (including phenoxy) is 2. The Morgan fingerprint density at radius 3 is 1.81 bits per heavy atom. The molecule has 1 aromatic rings. The minimum atomic E-state index is -0.0518. The van der Waals surface area contributed by atoms with Gasteiger partial charge in [0.2, 0.25) is 0 Å². The second kappa shape index (κ2) is 5.01. The molecule has 16 heavy (non-hydrogen) atoms. The van der Waals surface area contributed by atoms with Gasteiger partial charge in [-0.1, -0.05) is 13.8 Å². The third kappa shape index (κ3) is 2.35. The van der Waals surface area contributed by atoms with Gasteiger partial charge in [-0.15, -0.1) is 0 Å². The number of methoxy groups -OCH3 is 2. The smallest absolute Gasteiger partial charge is 0.167 e. The van der Waals surface area contributed by atoms with Crippen LogP contribution in [0.3, 0.4) is 0 Å². The van der Waals surface area contributed by atoms with E-state index < -0.39 is 0 Å². The van der Waals surface area contributed by atoms with Gasteiger partial charge < -0.3 is 9.47 Å². The molecule has 0 amide bonds. The Labute approximate surface area is 96.4 Å². The summed E-state index contributed by atoms with van der Waals surface area (Å²) in [6.45, 7) is 5.68. The molecule has 0 atom stereocenters. The second-order valence-electron chi connectivity index (χ2n) is 4.01. The molecule has 3 nitrogen and oxygen atoms in total. The molecule has 0 unspecified atom stereocenters. The second-order valence-corrected chi connectivity index (χ2v) is 4.01. The average Bonchev–Trinajstić information content (AvgIpc) is 2.26. The summed E-state index contributed by atoms with van der Waals surface area (Å²) >= 11 is 0. The first kappa shape index (κ1) is 12.6. The molecule has 0 radical (unpaired) electrons. The quantitative estimate of drug-likeness (QED) is 0.734. The van der Waals surface area contributed by atoms with Gasteiger partial charge in [-0.05, 0) is 30.5 Å². The predicted octanol–water partition coefficient (Wildman–Crippen LogP) is 3.03. The van der Waals surface area contributed by atoms with Crippen molar-refractivity contribution in [1.29, 1.82) is 0 Å². The van der Waals surface area contributed by atoms with Crippen molar-refractivity contribution in [3.63, 3.8) is 0 Å². The lowest BCUT2D eigenvalue weighted by atomic mass is 9.98. The van der Waals surface area contributed by atoms with E-state index in [1.54, 1.807) is 14.2 Å². The van der Waals surface area contributed by atoms with Gasteiger partial charge in [-0.25, -0.2) is 0 Å². The normalized spacial score (nSPS) is 10.4. The molecule has 0 aromatic heterocycles. The fourth-order valence-electron chi connectivity index (χ4n) is 1.61. The Morgan fingerprint density at radius 2 is 1.56 bits per heavy atom. The van der Waals surface area contributed by atoms with Gasteiger partial charge in [0.05, 0.1) is 14.2 Å². The maximum Gasteiger partial charge on any atom is 0.167 e. The van der Waals surface area contributed by atoms with Gasteiger partial charge in [0, 0.05) is 0 Å². The number of benzene rings is 1. The molecule has 88 valence electrons. The first-order valence-corrected chi connectivity index (χ1v) is 5.28. The van der Waals surface area contributed by atoms with Crippen LogP contribution in [0.1, 0.15) is 42.6 Å². The highest BCUT2D eigenvalue weighted by atomic mass is 16.5. The van der Waals surface area contributed by atoms with E-state index in [0.29, 0.717) is 23.0 Å². The number of rotatable bonds is 4. The molecule has 0 saturated carbocycles. The summed E-state index contributed by atoms with van der Waals surface area (Å²) in [4.78, 5) is 11.5. The highest BCUT2D eigenvalue weighted by Gasteiger charge is 2.17. The van der Waals surface area contributed by atoms with Gasteiger partial charge in [0.15, 0.2) is 5.78 Å². The van der Waals surface area contributed by atoms with Crippen molar-refractivity contribution in [3.05, 3.63) is 23.3 Å². The van der Waals surface area contributed by atoms with E-state index in [4.69, 9.17) is 9.47 Å². The minimum Gasteiger partial charge on any atom is -0.496 e. The summed E-state index contributed by atoms with van der Waals surface area (Å²) in [6.07, 6.45) is 0. The Morgan fingerprint density at radius 1 is 1.12 bits per heavy atom. The Kier molecular flexibility index (Phi) is 3.93. The standard InChI is InChI=1S/C13H18O3/c1-8(2)10-6-11(15-4)13(9(3)14)12(7-10)16-5/h6-8H,1-5H3. The maximum atomic E-state index is 11.5. The zero-order chi connectivity index (χ0) is 12.3. The lowest BCUT2D eigenvalue weighted by Gasteiger charge is -2.15. The number of ketones is 1. The fourth-order valence-corrected chi connectivity index (χ4v) is 1.61. The molecule has 0 fully saturated rings. The summed E-state index contributed by atoms with van der Waals surface area (Å²) < 4.78 is 10.5. The predicted molar refractivity (Wildman–Crippen MR) is 63.6 cm³/mol. The lowest BCUT2D eigenvalue weighted by Crippen LogP contribution is -2.03. The van der Waals surface area contributed by atoms with Crippen LogP contribution >= 0.6 is 0 Å². The van der Waals surface area contributed by atoms with Crippen LogP contribution in [0.5, 0.6) is 11.5 Å². The molecule has 0 heterocycles. The van der Waals surface area contributed by atoms with Gasteiger partial charge in [-0.2, -0.15) is 0 Å². The van der Waals surface area contributed by atoms with E-state index in [-0.39, 0.29) is 5.78 Å². The SMILES string of the molecule is COc1cc(C(C)C)cc(OC)c1C(C)=O. The van der Waals surface area contributed by atoms with Crippen molar-refractivity contribution in [2.75, 3.05) is 14.2 Å². The van der Waals surface area contributed by atoms with E-state index in [1.165, 1.54) is 6.92 Å². The number of Topliss-reactive ketones (excluding diaryl/α,β-unsaturated/α-hetero) is 1. The molecule has 0 spiro atoms. The van der Waals surface area contributed by atoms with E-state index in [9.17, 15) is 4.79 Å². The Bertz CT molecular complexity index is 369. The van der Waals surface area contributed by atoms with Crippen molar-refractivity contribution >= 4 is 5.78 Å². The van der Waals surface area contributed by atoms with Crippen molar-refractivity contribution in [3.8, 4) is 11.5 Å². The topological polar surface area (TPSA) is 35.5 Å². The molecule has 0 aliphatic carbocycles. The summed E-state index contributed by atoms with van der Waals surface area (Å²) in [5, 5.41) is 0. The van der Waals surface area contributed by atoms with E-state index in [0.717, 1.165) is 5.56 Å². The first-order chi connectivity index (χ1) is 7.51. The highest BCUT2D eigenvalue weighted by Crippen LogP contribution is 2.33. The molecule has 0 N–H and O–H groups in total. The monoisotopic (exact) mass is 222 g/mol. The van der Waals surface area contributed by atoms with E-state index in [2.05, 4.69) is 13.8 Å². The highest BCUT2D eigenvalue weighted by molar-refractivity contribution is 5.99. The molecule has 0 bridgehead atoms. The fraction of sp³-hybridized carbons (Fsp3) is 0.462. The molecule has 0 saturated heterocycles. The van der Waals surface area contributed by atoms with Crippen LogP contribution in [-0.2, 0) is 0 Å². The van der Waals surface area contributed by atoms with Crippen LogP contribution < -0.4 is 9.47 Å². The summed E-state index contributed by atoms with van der Waals surface area (Å²) in [7, 11) is 3.12. The first-order valence-electron chi connectivity index (χ1n) is 5.28. The number of hydrogen-bond donors (Lipinski definition) is 0. The number of carbonyl (C=O) groups excluding carboxylic acids is 1. The molecule has 1 rings (SSSR count). The van der Waals surface area contributed by atoms with Crippen LogP contribution in [0.2, 0.25) is 0 Å². The third-order valence-electron chi connectivity index (χ3n) is 2.55. The van der Waals surface area contributed by atoms with Crippen LogP contribution in [0.15, 0.2) is 12.1 Å². The van der Waals surface area contributed by atoms with Crippen molar-refractivity contribution in [2.45, 2.75) is 26.7 Å². The maximum absolute atomic E-state index is 11.5. The summed E-state index contributed by atoms with van der Waals surface area (Å²) in [5.74, 6) is 1.47. The summed E-state index contributed by atoms with van der Waals surface area (Å²) in [6, 6.07) is 3.79. The molecule has 1 aromatic carbocycles. The van der Waals surface area contributed by atoms with Gasteiger partial charge >= 0.3 is 0 Å². The zero-order valence-electron chi connectivity index (χ0n) is 10.5. The van der Waals surface area contributed by atoms with Crippen molar-refractivity contribution < 1.29 is 14.3 Å². The van der Waals surface area contributed by atoms with Crippen molar-refractivity contribution in [1.82, 2.24) is 0 Å². The van der Waals surface area contributed by atoms with Crippen LogP contribution in [0.25, 0.3) is 0 Å². The molecular formula is C13H18O3. The van der Waals surface area contributed by atoms with E-state index in [1.807, 2.05) is 12.1 Å². The molecule has 0 aliphatic heterocycles. The van der Waals surface area contributed by atoms with Crippen molar-refractivity contribution in [2.24, 2.45) is 0 Å². The summed E-state index contributed by atoms with van der Waals surface area (Å²) in [5.41, 5.74) is 1.60. The number of carbonyl (C=O) groups is 1. The van der Waals surface area contributed by atoms with Gasteiger partial charge in [0.25, 0.3) is 0 Å².